The molecule has 126 valence electrons. The molecule has 0 aliphatic rings. The lowest BCUT2D eigenvalue weighted by atomic mass is 10.2. The van der Waals surface area contributed by atoms with Crippen LogP contribution in [0, 0.1) is 0 Å². The molecule has 0 saturated carbocycles. The molecule has 0 bridgehead atoms. The highest BCUT2D eigenvalue weighted by Gasteiger charge is 2.08. The van der Waals surface area contributed by atoms with Crippen LogP contribution in [-0.4, -0.2) is 10.9 Å². The Kier molecular flexibility index (Phi) is 5.65. The van der Waals surface area contributed by atoms with Crippen LogP contribution in [0.25, 0.3) is 0 Å². The van der Waals surface area contributed by atoms with Crippen molar-refractivity contribution in [2.45, 2.75) is 13.1 Å². The first-order chi connectivity index (χ1) is 12.2. The Morgan fingerprint density at radius 1 is 0.960 bits per heavy atom. The van der Waals surface area contributed by atoms with Crippen LogP contribution in [0.1, 0.15) is 21.5 Å². The second-order valence-electron chi connectivity index (χ2n) is 5.58. The van der Waals surface area contributed by atoms with Crippen molar-refractivity contribution in [3.05, 3.63) is 94.8 Å². The Hall–Kier alpha value is -2.85. The van der Waals surface area contributed by atoms with Crippen LogP contribution in [0.3, 0.4) is 0 Å². The number of nitrogens with one attached hydrogen (secondary N) is 2. The van der Waals surface area contributed by atoms with E-state index in [1.54, 1.807) is 24.5 Å². The zero-order chi connectivity index (χ0) is 17.5. The lowest BCUT2D eigenvalue weighted by Crippen LogP contribution is -2.23. The van der Waals surface area contributed by atoms with Gasteiger partial charge in [-0.1, -0.05) is 60.1 Å². The van der Waals surface area contributed by atoms with Crippen LogP contribution in [0.15, 0.2) is 73.1 Å². The number of carbonyl (C=O) groups excluding carboxylic acids is 1. The normalized spacial score (nSPS) is 10.3. The van der Waals surface area contributed by atoms with Gasteiger partial charge in [0.15, 0.2) is 0 Å². The summed E-state index contributed by atoms with van der Waals surface area (Å²) in [5, 5.41) is 6.78. The Morgan fingerprint density at radius 2 is 1.72 bits per heavy atom. The van der Waals surface area contributed by atoms with E-state index < -0.39 is 0 Å². The van der Waals surface area contributed by atoms with Gasteiger partial charge in [0.25, 0.3) is 5.91 Å². The van der Waals surface area contributed by atoms with Crippen LogP contribution >= 0.6 is 11.6 Å². The van der Waals surface area contributed by atoms with Crippen molar-refractivity contribution in [1.29, 1.82) is 0 Å². The van der Waals surface area contributed by atoms with Gasteiger partial charge in [0, 0.05) is 30.5 Å². The van der Waals surface area contributed by atoms with Crippen molar-refractivity contribution in [3.63, 3.8) is 0 Å². The van der Waals surface area contributed by atoms with Gasteiger partial charge in [0.2, 0.25) is 0 Å². The maximum atomic E-state index is 12.3. The van der Waals surface area contributed by atoms with Crippen LogP contribution in [0.5, 0.6) is 0 Å². The highest BCUT2D eigenvalue weighted by Crippen LogP contribution is 2.15. The lowest BCUT2D eigenvalue weighted by Gasteiger charge is -2.09. The Balaban J connectivity index is 1.60. The summed E-state index contributed by atoms with van der Waals surface area (Å²) in [6.07, 6.45) is 3.25. The molecular formula is C20H18ClN3O. The van der Waals surface area contributed by atoms with Gasteiger partial charge in [-0.25, -0.2) is 0 Å². The summed E-state index contributed by atoms with van der Waals surface area (Å²) < 4.78 is 0. The fourth-order valence-corrected chi connectivity index (χ4v) is 2.58. The smallest absolute Gasteiger partial charge is 0.253 e. The van der Waals surface area contributed by atoms with E-state index >= 15 is 0 Å². The zero-order valence-corrected chi connectivity index (χ0v) is 14.3. The van der Waals surface area contributed by atoms with E-state index in [4.69, 9.17) is 11.6 Å². The molecule has 0 unspecified atom stereocenters. The molecule has 1 aromatic heterocycles. The van der Waals surface area contributed by atoms with E-state index in [-0.39, 0.29) is 5.91 Å². The van der Waals surface area contributed by atoms with Crippen molar-refractivity contribution in [2.24, 2.45) is 0 Å². The van der Waals surface area contributed by atoms with Crippen molar-refractivity contribution in [3.8, 4) is 0 Å². The van der Waals surface area contributed by atoms with E-state index in [1.165, 1.54) is 0 Å². The molecule has 0 saturated heterocycles. The minimum atomic E-state index is -0.184. The third kappa shape index (κ3) is 4.81. The first-order valence-corrected chi connectivity index (χ1v) is 8.34. The predicted molar refractivity (Wildman–Crippen MR) is 101 cm³/mol. The molecule has 1 heterocycles. The molecule has 25 heavy (non-hydrogen) atoms. The Bertz CT molecular complexity index is 852. The molecule has 0 radical (unpaired) electrons. The van der Waals surface area contributed by atoms with Gasteiger partial charge in [-0.15, -0.1) is 0 Å². The van der Waals surface area contributed by atoms with Gasteiger partial charge in [-0.3, -0.25) is 9.78 Å². The number of nitrogens with zero attached hydrogens (tertiary/aromatic N) is 1. The quantitative estimate of drug-likeness (QED) is 0.697. The molecule has 0 spiro atoms. The predicted octanol–water partition coefficient (Wildman–Crippen LogP) is 4.28. The van der Waals surface area contributed by atoms with E-state index in [0.29, 0.717) is 23.7 Å². The van der Waals surface area contributed by atoms with Crippen molar-refractivity contribution < 1.29 is 4.79 Å². The van der Waals surface area contributed by atoms with Crippen molar-refractivity contribution >= 4 is 23.2 Å². The molecule has 5 heteroatoms. The Morgan fingerprint density at radius 3 is 2.52 bits per heavy atom. The molecular weight excluding hydrogens is 334 g/mol. The molecule has 0 aliphatic heterocycles. The van der Waals surface area contributed by atoms with E-state index in [2.05, 4.69) is 15.6 Å². The number of anilines is 1. The number of pyridine rings is 1. The first kappa shape index (κ1) is 17.0. The number of rotatable bonds is 6. The maximum absolute atomic E-state index is 12.3. The molecule has 4 nitrogen and oxygen atoms in total. The number of halogens is 1. The standard InChI is InChI=1S/C20H18ClN3O/c21-19-9-5-4-8-16(19)13-24-20(25)17-10-18(14-22-12-17)23-11-15-6-2-1-3-7-15/h1-10,12,14,23H,11,13H2,(H,24,25). The number of aromatic nitrogens is 1. The topological polar surface area (TPSA) is 54.0 Å². The molecule has 3 rings (SSSR count). The SMILES string of the molecule is O=C(NCc1ccccc1Cl)c1cncc(NCc2ccccc2)c1. The fourth-order valence-electron chi connectivity index (χ4n) is 2.38. The minimum absolute atomic E-state index is 0.184. The van der Waals surface area contributed by atoms with Gasteiger partial charge in [-0.2, -0.15) is 0 Å². The highest BCUT2D eigenvalue weighted by atomic mass is 35.5. The van der Waals surface area contributed by atoms with Crippen LogP contribution in [0.2, 0.25) is 5.02 Å². The number of hydrogen-bond donors (Lipinski definition) is 2. The fraction of sp³-hybridized carbons (Fsp3) is 0.100. The van der Waals surface area contributed by atoms with Gasteiger partial charge < -0.3 is 10.6 Å². The summed E-state index contributed by atoms with van der Waals surface area (Å²) in [7, 11) is 0. The zero-order valence-electron chi connectivity index (χ0n) is 13.6. The molecule has 0 fully saturated rings. The summed E-state index contributed by atoms with van der Waals surface area (Å²) in [6, 6.07) is 19.3. The molecule has 0 aliphatic carbocycles. The number of hydrogen-bond acceptors (Lipinski definition) is 3. The van der Waals surface area contributed by atoms with Crippen molar-refractivity contribution in [1.82, 2.24) is 10.3 Å². The molecule has 2 N–H and O–H groups in total. The average molecular weight is 352 g/mol. The first-order valence-electron chi connectivity index (χ1n) is 7.97. The average Bonchev–Trinajstić information content (AvgIpc) is 2.66. The van der Waals surface area contributed by atoms with E-state index in [1.807, 2.05) is 48.5 Å². The van der Waals surface area contributed by atoms with Crippen LogP contribution in [0.4, 0.5) is 5.69 Å². The number of carbonyl (C=O) groups is 1. The molecule has 2 aromatic carbocycles. The second-order valence-corrected chi connectivity index (χ2v) is 5.98. The minimum Gasteiger partial charge on any atom is -0.380 e. The molecule has 0 atom stereocenters. The van der Waals surface area contributed by atoms with Crippen molar-refractivity contribution in [2.75, 3.05) is 5.32 Å². The lowest BCUT2D eigenvalue weighted by molar-refractivity contribution is 0.0950. The summed E-state index contributed by atoms with van der Waals surface area (Å²) >= 11 is 6.10. The number of benzene rings is 2. The highest BCUT2D eigenvalue weighted by molar-refractivity contribution is 6.31. The summed E-state index contributed by atoms with van der Waals surface area (Å²) in [5.74, 6) is -0.184. The third-order valence-corrected chi connectivity index (χ3v) is 4.11. The molecule has 1 amide bonds. The summed E-state index contributed by atoms with van der Waals surface area (Å²) in [4.78, 5) is 16.5. The maximum Gasteiger partial charge on any atom is 0.253 e. The van der Waals surface area contributed by atoms with Gasteiger partial charge in [0.05, 0.1) is 11.3 Å². The van der Waals surface area contributed by atoms with Gasteiger partial charge in [0.1, 0.15) is 0 Å². The van der Waals surface area contributed by atoms with Crippen LogP contribution in [-0.2, 0) is 13.1 Å². The third-order valence-electron chi connectivity index (χ3n) is 3.74. The molecule has 3 aromatic rings. The van der Waals surface area contributed by atoms with Gasteiger partial charge in [-0.05, 0) is 23.3 Å². The number of amides is 1. The van der Waals surface area contributed by atoms with Gasteiger partial charge >= 0.3 is 0 Å². The van der Waals surface area contributed by atoms with E-state index in [0.717, 1.165) is 16.8 Å². The summed E-state index contributed by atoms with van der Waals surface area (Å²) in [6.45, 7) is 1.05. The second kappa shape index (κ2) is 8.31. The summed E-state index contributed by atoms with van der Waals surface area (Å²) in [5.41, 5.74) is 3.35. The Labute approximate surface area is 151 Å². The van der Waals surface area contributed by atoms with E-state index in [9.17, 15) is 4.79 Å². The van der Waals surface area contributed by atoms with Crippen LogP contribution < -0.4 is 10.6 Å². The largest absolute Gasteiger partial charge is 0.380 e. The monoisotopic (exact) mass is 351 g/mol.